The van der Waals surface area contributed by atoms with Crippen molar-refractivity contribution >= 4 is 23.6 Å². The molecule has 0 aliphatic rings. The van der Waals surface area contributed by atoms with Gasteiger partial charge in [-0.2, -0.15) is 5.26 Å². The van der Waals surface area contributed by atoms with Gasteiger partial charge in [0.15, 0.2) is 0 Å². The van der Waals surface area contributed by atoms with Crippen molar-refractivity contribution in [2.45, 2.75) is 13.8 Å². The Balaban J connectivity index is 1.64. The van der Waals surface area contributed by atoms with Gasteiger partial charge in [-0.15, -0.1) is 0 Å². The number of hydrogen-bond donors (Lipinski definition) is 1. The maximum Gasteiger partial charge on any atom is 0.338 e. The molecule has 0 aliphatic heterocycles. The summed E-state index contributed by atoms with van der Waals surface area (Å²) in [6.45, 7) is 4.50. The second-order valence-corrected chi connectivity index (χ2v) is 9.75. The number of nitrogens with zero attached hydrogens (tertiary/aromatic N) is 2. The van der Waals surface area contributed by atoms with E-state index in [4.69, 9.17) is 9.47 Å². The zero-order valence-electron chi connectivity index (χ0n) is 24.5. The number of anilines is 1. The third kappa shape index (κ3) is 6.61. The van der Waals surface area contributed by atoms with Gasteiger partial charge < -0.3 is 19.4 Å². The third-order valence-corrected chi connectivity index (χ3v) is 6.87. The molecule has 0 atom stereocenters. The second kappa shape index (κ2) is 13.9. The zero-order valence-corrected chi connectivity index (χ0v) is 24.5. The Morgan fingerprint density at radius 1 is 0.818 bits per heavy atom. The van der Waals surface area contributed by atoms with Crippen LogP contribution in [0.2, 0.25) is 0 Å². The molecule has 44 heavy (non-hydrogen) atoms. The first kappa shape index (κ1) is 29.6. The Bertz CT molecular complexity index is 1820. The quantitative estimate of drug-likeness (QED) is 0.103. The molecule has 0 saturated carbocycles. The molecule has 1 amide bonds. The fourth-order valence-electron chi connectivity index (χ4n) is 4.89. The largest absolute Gasteiger partial charge is 0.494 e. The van der Waals surface area contributed by atoms with Crippen LogP contribution in [-0.2, 0) is 9.53 Å². The van der Waals surface area contributed by atoms with Crippen molar-refractivity contribution in [3.05, 3.63) is 132 Å². The fraction of sp³-hybridized carbons (Fsp3) is 0.108. The molecule has 0 unspecified atom stereocenters. The minimum Gasteiger partial charge on any atom is -0.494 e. The monoisotopic (exact) mass is 581 g/mol. The molecule has 0 saturated heterocycles. The van der Waals surface area contributed by atoms with Gasteiger partial charge in [0.25, 0.3) is 5.91 Å². The number of nitriles is 1. The van der Waals surface area contributed by atoms with Crippen molar-refractivity contribution in [2.75, 3.05) is 18.5 Å². The number of rotatable bonds is 10. The maximum atomic E-state index is 13.3. The molecule has 0 fully saturated rings. The SMILES string of the molecule is CCOC(=O)c1ccc(-n2c(-c3ccccc3)cc(C=C(C#N)C(=O)Nc3ccc(OCC)cc3)c2-c2ccccc2)cc1. The van der Waals surface area contributed by atoms with Gasteiger partial charge in [0.1, 0.15) is 17.4 Å². The number of aromatic nitrogens is 1. The third-order valence-electron chi connectivity index (χ3n) is 6.87. The number of ether oxygens (including phenoxy) is 2. The predicted molar refractivity (Wildman–Crippen MR) is 172 cm³/mol. The van der Waals surface area contributed by atoms with Crippen molar-refractivity contribution in [2.24, 2.45) is 0 Å². The highest BCUT2D eigenvalue weighted by Gasteiger charge is 2.21. The van der Waals surface area contributed by atoms with Crippen LogP contribution in [0.1, 0.15) is 29.8 Å². The Morgan fingerprint density at radius 3 is 2.05 bits per heavy atom. The van der Waals surface area contributed by atoms with Crippen molar-refractivity contribution in [3.8, 4) is 40.0 Å². The molecule has 0 aliphatic carbocycles. The van der Waals surface area contributed by atoms with Crippen LogP contribution in [0.25, 0.3) is 34.3 Å². The Labute approximate surface area is 256 Å². The molecular formula is C37H31N3O4. The smallest absolute Gasteiger partial charge is 0.338 e. The molecule has 1 heterocycles. The first-order valence-electron chi connectivity index (χ1n) is 14.3. The summed E-state index contributed by atoms with van der Waals surface area (Å²) in [4.78, 5) is 25.7. The summed E-state index contributed by atoms with van der Waals surface area (Å²) >= 11 is 0. The molecule has 0 bridgehead atoms. The Kier molecular flexibility index (Phi) is 9.33. The molecule has 7 heteroatoms. The van der Waals surface area contributed by atoms with Crippen molar-refractivity contribution < 1.29 is 19.1 Å². The number of nitrogens with one attached hydrogen (secondary N) is 1. The van der Waals surface area contributed by atoms with E-state index in [2.05, 4.69) is 16.0 Å². The molecule has 0 radical (unpaired) electrons. The minimum absolute atomic E-state index is 0.0505. The summed E-state index contributed by atoms with van der Waals surface area (Å²) in [6.07, 6.45) is 1.61. The first-order valence-corrected chi connectivity index (χ1v) is 14.3. The number of amides is 1. The number of esters is 1. The van der Waals surface area contributed by atoms with E-state index in [-0.39, 0.29) is 18.1 Å². The van der Waals surface area contributed by atoms with Gasteiger partial charge in [-0.05, 0) is 85.6 Å². The number of benzene rings is 4. The van der Waals surface area contributed by atoms with Crippen LogP contribution in [0.3, 0.4) is 0 Å². The molecule has 5 aromatic rings. The standard InChI is InChI=1S/C37H31N3O4/c1-3-43-33-21-17-31(18-22-33)39-36(41)30(25-38)23-29-24-34(26-11-7-5-8-12-26)40(35(29)27-13-9-6-10-14-27)32-19-15-28(16-20-32)37(42)44-4-2/h5-24H,3-4H2,1-2H3,(H,39,41). The summed E-state index contributed by atoms with van der Waals surface area (Å²) in [5.74, 6) is -0.221. The van der Waals surface area contributed by atoms with Crippen molar-refractivity contribution in [1.82, 2.24) is 4.57 Å². The van der Waals surface area contributed by atoms with Crippen molar-refractivity contribution in [3.63, 3.8) is 0 Å². The summed E-state index contributed by atoms with van der Waals surface area (Å²) in [6, 6.07) is 37.9. The van der Waals surface area contributed by atoms with Crippen LogP contribution in [-0.4, -0.2) is 29.7 Å². The molecule has 0 spiro atoms. The van der Waals surface area contributed by atoms with Crippen LogP contribution in [0.4, 0.5) is 5.69 Å². The second-order valence-electron chi connectivity index (χ2n) is 9.75. The minimum atomic E-state index is -0.525. The van der Waals surface area contributed by atoms with Gasteiger partial charge >= 0.3 is 5.97 Å². The van der Waals surface area contributed by atoms with Gasteiger partial charge in [0, 0.05) is 16.9 Å². The maximum absolute atomic E-state index is 13.3. The number of hydrogen-bond acceptors (Lipinski definition) is 5. The molecule has 7 nitrogen and oxygen atoms in total. The Hall–Kier alpha value is -5.87. The van der Waals surface area contributed by atoms with Crippen LogP contribution < -0.4 is 10.1 Å². The lowest BCUT2D eigenvalue weighted by atomic mass is 10.0. The summed E-state index contributed by atoms with van der Waals surface area (Å²) in [5, 5.41) is 12.9. The lowest BCUT2D eigenvalue weighted by Crippen LogP contribution is -2.13. The zero-order chi connectivity index (χ0) is 30.9. The Morgan fingerprint density at radius 2 is 1.45 bits per heavy atom. The molecule has 5 rings (SSSR count). The summed E-state index contributed by atoms with van der Waals surface area (Å²) < 4.78 is 12.7. The highest BCUT2D eigenvalue weighted by Crippen LogP contribution is 2.37. The normalized spacial score (nSPS) is 11.0. The van der Waals surface area contributed by atoms with Gasteiger partial charge in [0.2, 0.25) is 0 Å². The van der Waals surface area contributed by atoms with E-state index >= 15 is 0 Å². The molecule has 4 aromatic carbocycles. The predicted octanol–water partition coefficient (Wildman–Crippen LogP) is 7.93. The topological polar surface area (TPSA) is 93.4 Å². The van der Waals surface area contributed by atoms with Gasteiger partial charge in [-0.1, -0.05) is 60.7 Å². The van der Waals surface area contributed by atoms with Gasteiger partial charge in [-0.3, -0.25) is 4.79 Å². The molecule has 218 valence electrons. The highest BCUT2D eigenvalue weighted by atomic mass is 16.5. The molecule has 1 N–H and O–H groups in total. The number of carbonyl (C=O) groups excluding carboxylic acids is 2. The van der Waals surface area contributed by atoms with Gasteiger partial charge in [0.05, 0.1) is 30.2 Å². The lowest BCUT2D eigenvalue weighted by Gasteiger charge is -2.15. The number of carbonyl (C=O) groups is 2. The van der Waals surface area contributed by atoms with Crippen LogP contribution in [0.15, 0.2) is 121 Å². The van der Waals surface area contributed by atoms with E-state index in [1.807, 2.05) is 85.8 Å². The average molecular weight is 582 g/mol. The van der Waals surface area contributed by atoms with E-state index < -0.39 is 5.91 Å². The van der Waals surface area contributed by atoms with Gasteiger partial charge in [-0.25, -0.2) is 4.79 Å². The summed E-state index contributed by atoms with van der Waals surface area (Å²) in [5.41, 5.74) is 5.89. The van der Waals surface area contributed by atoms with E-state index in [9.17, 15) is 14.9 Å². The van der Waals surface area contributed by atoms with E-state index in [0.29, 0.717) is 29.2 Å². The fourth-order valence-corrected chi connectivity index (χ4v) is 4.89. The summed E-state index contributed by atoms with van der Waals surface area (Å²) in [7, 11) is 0. The highest BCUT2D eigenvalue weighted by molar-refractivity contribution is 6.10. The van der Waals surface area contributed by atoms with Crippen molar-refractivity contribution in [1.29, 1.82) is 5.26 Å². The lowest BCUT2D eigenvalue weighted by molar-refractivity contribution is -0.112. The molecular weight excluding hydrogens is 550 g/mol. The van der Waals surface area contributed by atoms with E-state index in [1.165, 1.54) is 0 Å². The van der Waals surface area contributed by atoms with Crippen LogP contribution in [0, 0.1) is 11.3 Å². The van der Waals surface area contributed by atoms with E-state index in [0.717, 1.165) is 28.2 Å². The first-order chi connectivity index (χ1) is 21.5. The van der Waals surface area contributed by atoms with E-state index in [1.54, 1.807) is 49.4 Å². The molecule has 1 aromatic heterocycles. The van der Waals surface area contributed by atoms with Crippen LogP contribution >= 0.6 is 0 Å². The average Bonchev–Trinajstić information content (AvgIpc) is 3.44. The van der Waals surface area contributed by atoms with Crippen LogP contribution in [0.5, 0.6) is 5.75 Å².